The van der Waals surface area contributed by atoms with Gasteiger partial charge in [-0.2, -0.15) is 0 Å². The fraction of sp³-hybridized carbons (Fsp3) is 0.500. The molecule has 1 heterocycles. The molecule has 1 fully saturated rings. The van der Waals surface area contributed by atoms with Crippen LogP contribution in [0.4, 0.5) is 4.39 Å². The highest BCUT2D eigenvalue weighted by atomic mass is 79.9. The minimum absolute atomic E-state index is 0.279. The Morgan fingerprint density at radius 1 is 1.50 bits per heavy atom. The Morgan fingerprint density at radius 3 is 3.00 bits per heavy atom. The fourth-order valence-electron chi connectivity index (χ4n) is 2.01. The molecule has 0 spiro atoms. The second kappa shape index (κ2) is 4.82. The van der Waals surface area contributed by atoms with Crippen molar-refractivity contribution >= 4 is 15.9 Å². The standard InChI is InChI=1S/C12H14BrFO2/c13-11-3-2-10(14)6-9(11)7-12(15)4-1-5-16-8-12/h2-3,6,15H,1,4-5,7-8H2. The van der Waals surface area contributed by atoms with Crippen molar-refractivity contribution in [3.8, 4) is 0 Å². The van der Waals surface area contributed by atoms with Crippen LogP contribution in [0.25, 0.3) is 0 Å². The van der Waals surface area contributed by atoms with Crippen molar-refractivity contribution in [2.45, 2.75) is 24.9 Å². The second-order valence-corrected chi connectivity index (χ2v) is 5.15. The molecule has 1 aliphatic rings. The minimum atomic E-state index is -0.853. The number of hydrogen-bond acceptors (Lipinski definition) is 2. The number of hydrogen-bond donors (Lipinski definition) is 1. The molecule has 1 unspecified atom stereocenters. The van der Waals surface area contributed by atoms with Gasteiger partial charge in [0.25, 0.3) is 0 Å². The maximum Gasteiger partial charge on any atom is 0.123 e. The van der Waals surface area contributed by atoms with E-state index in [0.717, 1.165) is 16.5 Å². The number of ether oxygens (including phenoxy) is 1. The summed E-state index contributed by atoms with van der Waals surface area (Å²) in [7, 11) is 0. The first-order chi connectivity index (χ1) is 7.59. The van der Waals surface area contributed by atoms with E-state index in [2.05, 4.69) is 15.9 Å². The van der Waals surface area contributed by atoms with Crippen LogP contribution in [-0.4, -0.2) is 23.9 Å². The quantitative estimate of drug-likeness (QED) is 0.907. The fourth-order valence-corrected chi connectivity index (χ4v) is 2.40. The SMILES string of the molecule is OC1(Cc2cc(F)ccc2Br)CCCOC1. The molecule has 1 N–H and O–H groups in total. The monoisotopic (exact) mass is 288 g/mol. The van der Waals surface area contributed by atoms with Gasteiger partial charge in [0.15, 0.2) is 0 Å². The lowest BCUT2D eigenvalue weighted by Crippen LogP contribution is -2.40. The van der Waals surface area contributed by atoms with Crippen LogP contribution in [0.3, 0.4) is 0 Å². The van der Waals surface area contributed by atoms with Gasteiger partial charge in [-0.1, -0.05) is 15.9 Å². The zero-order valence-corrected chi connectivity index (χ0v) is 10.5. The first kappa shape index (κ1) is 12.0. The highest BCUT2D eigenvalue weighted by Gasteiger charge is 2.30. The second-order valence-electron chi connectivity index (χ2n) is 4.29. The molecule has 16 heavy (non-hydrogen) atoms. The molecule has 2 rings (SSSR count). The Labute approximate surface area is 103 Å². The summed E-state index contributed by atoms with van der Waals surface area (Å²) in [5.41, 5.74) is -0.0674. The molecule has 1 saturated heterocycles. The lowest BCUT2D eigenvalue weighted by molar-refractivity contribution is -0.0845. The van der Waals surface area contributed by atoms with Crippen LogP contribution in [0.1, 0.15) is 18.4 Å². The molecule has 0 saturated carbocycles. The van der Waals surface area contributed by atoms with Gasteiger partial charge in [0.1, 0.15) is 5.82 Å². The van der Waals surface area contributed by atoms with Crippen molar-refractivity contribution in [1.29, 1.82) is 0 Å². The zero-order valence-electron chi connectivity index (χ0n) is 8.88. The molecule has 1 aliphatic heterocycles. The van der Waals surface area contributed by atoms with Crippen LogP contribution in [0, 0.1) is 5.82 Å². The predicted molar refractivity (Wildman–Crippen MR) is 62.8 cm³/mol. The molecule has 2 nitrogen and oxygen atoms in total. The Bertz CT molecular complexity index is 375. The van der Waals surface area contributed by atoms with Gasteiger partial charge < -0.3 is 9.84 Å². The van der Waals surface area contributed by atoms with E-state index >= 15 is 0 Å². The number of rotatable bonds is 2. The zero-order chi connectivity index (χ0) is 11.6. The van der Waals surface area contributed by atoms with E-state index in [-0.39, 0.29) is 5.82 Å². The summed E-state index contributed by atoms with van der Waals surface area (Å²) in [5.74, 6) is -0.279. The molecule has 1 aromatic rings. The highest BCUT2D eigenvalue weighted by Crippen LogP contribution is 2.27. The molecule has 0 aliphatic carbocycles. The highest BCUT2D eigenvalue weighted by molar-refractivity contribution is 9.10. The summed E-state index contributed by atoms with van der Waals surface area (Å²) in [6.45, 7) is 1.03. The number of aliphatic hydroxyl groups is 1. The van der Waals surface area contributed by atoms with Gasteiger partial charge in [-0.15, -0.1) is 0 Å². The molecule has 0 bridgehead atoms. The minimum Gasteiger partial charge on any atom is -0.387 e. The topological polar surface area (TPSA) is 29.5 Å². The largest absolute Gasteiger partial charge is 0.387 e. The van der Waals surface area contributed by atoms with Crippen LogP contribution < -0.4 is 0 Å². The van der Waals surface area contributed by atoms with Crippen LogP contribution in [0.15, 0.2) is 22.7 Å². The normalized spacial score (nSPS) is 25.7. The van der Waals surface area contributed by atoms with Crippen molar-refractivity contribution in [2.75, 3.05) is 13.2 Å². The van der Waals surface area contributed by atoms with Crippen LogP contribution in [-0.2, 0) is 11.2 Å². The van der Waals surface area contributed by atoms with Gasteiger partial charge in [0.2, 0.25) is 0 Å². The average molecular weight is 289 g/mol. The Kier molecular flexibility index (Phi) is 3.62. The molecule has 1 atom stereocenters. The third kappa shape index (κ3) is 2.81. The van der Waals surface area contributed by atoms with Crippen molar-refractivity contribution < 1.29 is 14.2 Å². The summed E-state index contributed by atoms with van der Waals surface area (Å²) >= 11 is 3.36. The average Bonchev–Trinajstić information content (AvgIpc) is 2.24. The summed E-state index contributed by atoms with van der Waals surface area (Å²) in [6, 6.07) is 4.52. The van der Waals surface area contributed by atoms with E-state index in [1.807, 2.05) is 0 Å². The van der Waals surface area contributed by atoms with Gasteiger partial charge in [-0.3, -0.25) is 0 Å². The molecule has 1 aromatic carbocycles. The molecule has 0 aromatic heterocycles. The molecular weight excluding hydrogens is 275 g/mol. The molecule has 0 radical (unpaired) electrons. The van der Waals surface area contributed by atoms with Gasteiger partial charge in [-0.25, -0.2) is 4.39 Å². The van der Waals surface area contributed by atoms with E-state index in [0.29, 0.717) is 26.1 Å². The van der Waals surface area contributed by atoms with Gasteiger partial charge in [0.05, 0.1) is 12.2 Å². The van der Waals surface area contributed by atoms with E-state index < -0.39 is 5.60 Å². The maximum absolute atomic E-state index is 13.1. The number of benzene rings is 1. The number of halogens is 2. The van der Waals surface area contributed by atoms with Crippen LogP contribution in [0.2, 0.25) is 0 Å². The Hall–Kier alpha value is -0.450. The van der Waals surface area contributed by atoms with Crippen molar-refractivity contribution in [2.24, 2.45) is 0 Å². The van der Waals surface area contributed by atoms with Crippen LogP contribution >= 0.6 is 15.9 Å². The maximum atomic E-state index is 13.1. The molecular formula is C12H14BrFO2. The summed E-state index contributed by atoms with van der Waals surface area (Å²) < 4.78 is 19.2. The van der Waals surface area contributed by atoms with E-state index in [4.69, 9.17) is 4.74 Å². The van der Waals surface area contributed by atoms with E-state index in [9.17, 15) is 9.50 Å². The van der Waals surface area contributed by atoms with Gasteiger partial charge in [-0.05, 0) is 36.6 Å². The van der Waals surface area contributed by atoms with Crippen molar-refractivity contribution in [1.82, 2.24) is 0 Å². The van der Waals surface area contributed by atoms with E-state index in [1.165, 1.54) is 12.1 Å². The van der Waals surface area contributed by atoms with E-state index in [1.54, 1.807) is 6.07 Å². The van der Waals surface area contributed by atoms with Gasteiger partial charge >= 0.3 is 0 Å². The first-order valence-electron chi connectivity index (χ1n) is 5.33. The Balaban J connectivity index is 2.15. The summed E-state index contributed by atoms with van der Waals surface area (Å²) in [6.07, 6.45) is 1.98. The molecule has 88 valence electrons. The van der Waals surface area contributed by atoms with Crippen LogP contribution in [0.5, 0.6) is 0 Å². The van der Waals surface area contributed by atoms with Crippen molar-refractivity contribution in [3.05, 3.63) is 34.1 Å². The predicted octanol–water partition coefficient (Wildman–Crippen LogP) is 2.67. The molecule has 0 amide bonds. The lowest BCUT2D eigenvalue weighted by Gasteiger charge is -2.32. The summed E-state index contributed by atoms with van der Waals surface area (Å²) in [4.78, 5) is 0. The molecule has 4 heteroatoms. The van der Waals surface area contributed by atoms with Crippen molar-refractivity contribution in [3.63, 3.8) is 0 Å². The Morgan fingerprint density at radius 2 is 2.31 bits per heavy atom. The summed E-state index contributed by atoms with van der Waals surface area (Å²) in [5, 5.41) is 10.3. The third-order valence-electron chi connectivity index (χ3n) is 2.83. The first-order valence-corrected chi connectivity index (χ1v) is 6.12. The van der Waals surface area contributed by atoms with Gasteiger partial charge in [0, 0.05) is 17.5 Å². The third-order valence-corrected chi connectivity index (χ3v) is 3.60. The smallest absolute Gasteiger partial charge is 0.123 e. The lowest BCUT2D eigenvalue weighted by atomic mass is 9.89.